The summed E-state index contributed by atoms with van der Waals surface area (Å²) >= 11 is 0. The minimum absolute atomic E-state index is 0.00352. The molecule has 0 aliphatic carbocycles. The van der Waals surface area contributed by atoms with Crippen LogP contribution in [0.15, 0.2) is 24.3 Å². The number of carbonyl (C=O) groups excluding carboxylic acids is 1. The molecule has 1 fully saturated rings. The number of nitrogens with two attached hydrogens (primary N) is 1. The van der Waals surface area contributed by atoms with Gasteiger partial charge in [-0.05, 0) is 18.9 Å². The van der Waals surface area contributed by atoms with Crippen molar-refractivity contribution in [3.63, 3.8) is 0 Å². The van der Waals surface area contributed by atoms with E-state index >= 15 is 0 Å². The minimum Gasteiger partial charge on any atom is -0.354 e. The van der Waals surface area contributed by atoms with E-state index in [0.29, 0.717) is 13.0 Å². The summed E-state index contributed by atoms with van der Waals surface area (Å²) in [7, 11) is 0. The lowest BCUT2D eigenvalue weighted by molar-refractivity contribution is -0.144. The second-order valence-electron chi connectivity index (χ2n) is 4.67. The molecule has 0 spiro atoms. The molecule has 0 bridgehead atoms. The summed E-state index contributed by atoms with van der Waals surface area (Å²) < 4.78 is 5.79. The average molecular weight is 232 g/mol. The highest BCUT2D eigenvalue weighted by atomic mass is 16.5. The molecule has 2 aliphatic heterocycles. The van der Waals surface area contributed by atoms with Gasteiger partial charge >= 0.3 is 0 Å². The number of hydrogen-bond donors (Lipinski definition) is 1. The number of nitrogens with zero attached hydrogens (tertiary/aromatic N) is 1. The van der Waals surface area contributed by atoms with E-state index in [-0.39, 0.29) is 18.2 Å². The molecule has 0 saturated carbocycles. The van der Waals surface area contributed by atoms with Crippen molar-refractivity contribution in [2.45, 2.75) is 31.7 Å². The smallest absolute Gasteiger partial charge is 0.242 e. The molecule has 1 aromatic rings. The van der Waals surface area contributed by atoms with E-state index in [1.165, 1.54) is 5.56 Å². The second-order valence-corrected chi connectivity index (χ2v) is 4.67. The lowest BCUT2D eigenvalue weighted by atomic mass is 10.1. The number of amides is 1. The van der Waals surface area contributed by atoms with E-state index in [0.717, 1.165) is 5.56 Å². The molecule has 2 N–H and O–H groups in total. The van der Waals surface area contributed by atoms with Gasteiger partial charge in [-0.25, -0.2) is 0 Å². The third kappa shape index (κ3) is 1.48. The largest absolute Gasteiger partial charge is 0.354 e. The van der Waals surface area contributed by atoms with Crippen molar-refractivity contribution in [1.29, 1.82) is 0 Å². The molecule has 1 aromatic carbocycles. The van der Waals surface area contributed by atoms with Crippen LogP contribution in [0, 0.1) is 0 Å². The molecular weight excluding hydrogens is 216 g/mol. The van der Waals surface area contributed by atoms with E-state index in [9.17, 15) is 4.79 Å². The zero-order chi connectivity index (χ0) is 12.0. The molecule has 4 heteroatoms. The predicted molar refractivity (Wildman–Crippen MR) is 63.0 cm³/mol. The highest BCUT2D eigenvalue weighted by Crippen LogP contribution is 2.43. The van der Waals surface area contributed by atoms with E-state index in [2.05, 4.69) is 6.07 Å². The molecule has 1 saturated heterocycles. The molecular formula is C13H16N2O2. The maximum absolute atomic E-state index is 12.2. The van der Waals surface area contributed by atoms with Gasteiger partial charge in [0.05, 0.1) is 18.7 Å². The number of benzene rings is 1. The van der Waals surface area contributed by atoms with Crippen LogP contribution in [0.5, 0.6) is 0 Å². The van der Waals surface area contributed by atoms with Crippen LogP contribution in [0.25, 0.3) is 0 Å². The fourth-order valence-electron chi connectivity index (χ4n) is 2.72. The van der Waals surface area contributed by atoms with Crippen molar-refractivity contribution in [3.05, 3.63) is 35.4 Å². The maximum atomic E-state index is 12.2. The first-order valence-corrected chi connectivity index (χ1v) is 5.98. The Morgan fingerprint density at radius 1 is 1.35 bits per heavy atom. The Kier molecular flexibility index (Phi) is 2.42. The fourth-order valence-corrected chi connectivity index (χ4v) is 2.72. The zero-order valence-corrected chi connectivity index (χ0v) is 9.80. The third-order valence-electron chi connectivity index (χ3n) is 3.66. The first-order chi connectivity index (χ1) is 8.20. The second kappa shape index (κ2) is 3.82. The highest BCUT2D eigenvalue weighted by molar-refractivity contribution is 5.83. The summed E-state index contributed by atoms with van der Waals surface area (Å²) in [5.41, 5.74) is 8.13. The topological polar surface area (TPSA) is 55.6 Å². The number of fused-ring (bicyclic) bond motifs is 3. The summed E-state index contributed by atoms with van der Waals surface area (Å²) in [5, 5.41) is 0. The molecule has 0 aromatic heterocycles. The van der Waals surface area contributed by atoms with Crippen molar-refractivity contribution in [1.82, 2.24) is 4.90 Å². The number of hydrogen-bond acceptors (Lipinski definition) is 3. The van der Waals surface area contributed by atoms with E-state index in [1.54, 1.807) is 4.90 Å². The van der Waals surface area contributed by atoms with Crippen LogP contribution in [0.1, 0.15) is 36.7 Å². The highest BCUT2D eigenvalue weighted by Gasteiger charge is 2.42. The molecule has 4 nitrogen and oxygen atoms in total. The molecule has 3 rings (SSSR count). The van der Waals surface area contributed by atoms with Crippen LogP contribution in [-0.4, -0.2) is 23.5 Å². The number of carbonyl (C=O) groups is 1. The van der Waals surface area contributed by atoms with Crippen molar-refractivity contribution in [2.24, 2.45) is 5.73 Å². The van der Waals surface area contributed by atoms with Gasteiger partial charge in [-0.2, -0.15) is 0 Å². The quantitative estimate of drug-likeness (QED) is 0.734. The Hall–Kier alpha value is -1.39. The minimum atomic E-state index is -0.434. The first kappa shape index (κ1) is 10.7. The Balaban J connectivity index is 2.07. The Bertz CT molecular complexity index is 460. The van der Waals surface area contributed by atoms with Crippen LogP contribution >= 0.6 is 0 Å². The summed E-state index contributed by atoms with van der Waals surface area (Å²) in [5.74, 6) is -0.00352. The Morgan fingerprint density at radius 3 is 2.82 bits per heavy atom. The molecule has 0 radical (unpaired) electrons. The Morgan fingerprint density at radius 2 is 2.06 bits per heavy atom. The van der Waals surface area contributed by atoms with Gasteiger partial charge in [0.15, 0.2) is 6.23 Å². The van der Waals surface area contributed by atoms with E-state index in [1.807, 2.05) is 25.1 Å². The van der Waals surface area contributed by atoms with Gasteiger partial charge in [0.1, 0.15) is 0 Å². The number of ether oxygens (including phenoxy) is 1. The molecule has 2 aliphatic rings. The Labute approximate surface area is 100 Å². The van der Waals surface area contributed by atoms with Crippen molar-refractivity contribution in [2.75, 3.05) is 6.61 Å². The SMILES string of the molecule is CC1c2ccccc2C2OCCC(N)C(=O)N12. The molecule has 1 amide bonds. The van der Waals surface area contributed by atoms with Crippen LogP contribution in [0.2, 0.25) is 0 Å². The summed E-state index contributed by atoms with van der Waals surface area (Å²) in [6.45, 7) is 2.56. The maximum Gasteiger partial charge on any atom is 0.242 e. The third-order valence-corrected chi connectivity index (χ3v) is 3.66. The van der Waals surface area contributed by atoms with Crippen LogP contribution in [-0.2, 0) is 9.53 Å². The lowest BCUT2D eigenvalue weighted by Gasteiger charge is -2.27. The molecule has 17 heavy (non-hydrogen) atoms. The number of rotatable bonds is 0. The standard InChI is InChI=1S/C13H16N2O2/c1-8-9-4-2-3-5-10(9)13-15(8)12(16)11(14)6-7-17-13/h2-5,8,11,13H,6-7,14H2,1H3. The van der Waals surface area contributed by atoms with Crippen LogP contribution in [0.3, 0.4) is 0 Å². The molecule has 3 unspecified atom stereocenters. The van der Waals surface area contributed by atoms with Crippen LogP contribution in [0.4, 0.5) is 0 Å². The van der Waals surface area contributed by atoms with Crippen molar-refractivity contribution < 1.29 is 9.53 Å². The fraction of sp³-hybridized carbons (Fsp3) is 0.462. The van der Waals surface area contributed by atoms with Gasteiger partial charge in [0.2, 0.25) is 5.91 Å². The normalized spacial score (nSPS) is 32.0. The van der Waals surface area contributed by atoms with Gasteiger partial charge in [-0.3, -0.25) is 4.79 Å². The first-order valence-electron chi connectivity index (χ1n) is 5.98. The average Bonchev–Trinajstić information content (AvgIpc) is 2.53. The van der Waals surface area contributed by atoms with Crippen LogP contribution < -0.4 is 5.73 Å². The lowest BCUT2D eigenvalue weighted by Crippen LogP contribution is -2.42. The van der Waals surface area contributed by atoms with Gasteiger partial charge in [0, 0.05) is 5.56 Å². The van der Waals surface area contributed by atoms with E-state index in [4.69, 9.17) is 10.5 Å². The molecule has 3 atom stereocenters. The molecule has 2 heterocycles. The summed E-state index contributed by atoms with van der Waals surface area (Å²) in [6.07, 6.45) is 0.350. The van der Waals surface area contributed by atoms with Gasteiger partial charge in [0.25, 0.3) is 0 Å². The zero-order valence-electron chi connectivity index (χ0n) is 9.80. The van der Waals surface area contributed by atoms with Crippen molar-refractivity contribution in [3.8, 4) is 0 Å². The monoisotopic (exact) mass is 232 g/mol. The van der Waals surface area contributed by atoms with Gasteiger partial charge in [-0.1, -0.05) is 24.3 Å². The predicted octanol–water partition coefficient (Wildman–Crippen LogP) is 1.34. The van der Waals surface area contributed by atoms with Gasteiger partial charge in [-0.15, -0.1) is 0 Å². The van der Waals surface area contributed by atoms with E-state index < -0.39 is 6.04 Å². The molecule has 90 valence electrons. The summed E-state index contributed by atoms with van der Waals surface area (Å²) in [6, 6.07) is 7.67. The van der Waals surface area contributed by atoms with Crippen molar-refractivity contribution >= 4 is 5.91 Å². The summed E-state index contributed by atoms with van der Waals surface area (Å²) in [4.78, 5) is 14.0. The van der Waals surface area contributed by atoms with Gasteiger partial charge < -0.3 is 15.4 Å².